The molecule has 0 radical (unpaired) electrons. The molecule has 0 aliphatic carbocycles. The van der Waals surface area contributed by atoms with Crippen molar-refractivity contribution in [2.45, 2.75) is 379 Å². The molecule has 0 heterocycles. The summed E-state index contributed by atoms with van der Waals surface area (Å²) < 4.78 is 5.46. The first-order valence-electron chi connectivity index (χ1n) is 34.4. The first-order chi connectivity index (χ1) is 38.0. The SMILES string of the molecule is CCCCC/C=C\CCCCCCCC(=O)OCCCCCCCCCCC/C=C\C/C=C\CCCCCCCCCCCC(=O)NC(CO)C(O)/C=C/CCCCCCCCCCCCCCCCCCCCCCC. The van der Waals surface area contributed by atoms with Gasteiger partial charge in [0.15, 0.2) is 0 Å². The molecule has 0 saturated heterocycles. The minimum Gasteiger partial charge on any atom is -0.466 e. The van der Waals surface area contributed by atoms with Crippen molar-refractivity contribution in [2.75, 3.05) is 13.2 Å². The molecular weight excluding hydrogens is 947 g/mol. The Morgan fingerprint density at radius 3 is 1.03 bits per heavy atom. The Bertz CT molecular complexity index is 1290. The van der Waals surface area contributed by atoms with E-state index < -0.39 is 12.1 Å². The highest BCUT2D eigenvalue weighted by Crippen LogP contribution is 2.18. The lowest BCUT2D eigenvalue weighted by Gasteiger charge is -2.20. The topological polar surface area (TPSA) is 95.9 Å². The predicted molar refractivity (Wildman–Crippen MR) is 338 cm³/mol. The molecule has 6 nitrogen and oxygen atoms in total. The van der Waals surface area contributed by atoms with E-state index >= 15 is 0 Å². The molecule has 0 spiro atoms. The summed E-state index contributed by atoms with van der Waals surface area (Å²) in [6.07, 6.45) is 86.1. The van der Waals surface area contributed by atoms with Gasteiger partial charge in [-0.3, -0.25) is 9.59 Å². The van der Waals surface area contributed by atoms with Gasteiger partial charge in [0, 0.05) is 12.8 Å². The highest BCUT2D eigenvalue weighted by atomic mass is 16.5. The summed E-state index contributed by atoms with van der Waals surface area (Å²) in [7, 11) is 0. The van der Waals surface area contributed by atoms with E-state index in [9.17, 15) is 19.8 Å². The first-order valence-corrected chi connectivity index (χ1v) is 34.4. The van der Waals surface area contributed by atoms with Crippen LogP contribution in [0, 0.1) is 0 Å². The van der Waals surface area contributed by atoms with Crippen molar-refractivity contribution in [2.24, 2.45) is 0 Å². The fourth-order valence-corrected chi connectivity index (χ4v) is 10.5. The average molecular weight is 1080 g/mol. The molecule has 2 atom stereocenters. The zero-order valence-corrected chi connectivity index (χ0v) is 51.7. The molecule has 0 saturated carbocycles. The van der Waals surface area contributed by atoms with Crippen LogP contribution in [0.4, 0.5) is 0 Å². The Morgan fingerprint density at radius 1 is 0.364 bits per heavy atom. The largest absolute Gasteiger partial charge is 0.466 e. The molecule has 1 amide bonds. The van der Waals surface area contributed by atoms with Crippen LogP contribution in [0.1, 0.15) is 367 Å². The third-order valence-corrected chi connectivity index (χ3v) is 15.8. The van der Waals surface area contributed by atoms with Gasteiger partial charge in [0.2, 0.25) is 5.91 Å². The molecule has 0 fully saturated rings. The van der Waals surface area contributed by atoms with Crippen LogP contribution < -0.4 is 5.32 Å². The molecule has 0 rings (SSSR count). The molecule has 452 valence electrons. The Kier molecular flexibility index (Phi) is 64.5. The number of nitrogens with one attached hydrogen (secondary N) is 1. The van der Waals surface area contributed by atoms with E-state index in [4.69, 9.17) is 4.74 Å². The molecule has 0 aromatic heterocycles. The van der Waals surface area contributed by atoms with Crippen molar-refractivity contribution in [1.82, 2.24) is 5.32 Å². The smallest absolute Gasteiger partial charge is 0.305 e. The molecule has 3 N–H and O–H groups in total. The number of rotatable bonds is 64. The van der Waals surface area contributed by atoms with Crippen molar-refractivity contribution in [3.8, 4) is 0 Å². The van der Waals surface area contributed by atoms with E-state index in [0.29, 0.717) is 19.4 Å². The van der Waals surface area contributed by atoms with Crippen LogP contribution in [0.2, 0.25) is 0 Å². The molecule has 0 aromatic rings. The highest BCUT2D eigenvalue weighted by molar-refractivity contribution is 5.76. The second-order valence-corrected chi connectivity index (χ2v) is 23.5. The quantitative estimate of drug-likeness (QED) is 0.0320. The van der Waals surface area contributed by atoms with Crippen LogP contribution in [-0.2, 0) is 14.3 Å². The maximum Gasteiger partial charge on any atom is 0.305 e. The molecular formula is C71H133NO5. The number of hydrogen-bond donors (Lipinski definition) is 3. The van der Waals surface area contributed by atoms with Crippen LogP contribution in [-0.4, -0.2) is 47.4 Å². The zero-order chi connectivity index (χ0) is 55.7. The van der Waals surface area contributed by atoms with Gasteiger partial charge in [-0.05, 0) is 89.9 Å². The number of esters is 1. The van der Waals surface area contributed by atoms with E-state index in [0.717, 1.165) is 51.4 Å². The van der Waals surface area contributed by atoms with E-state index in [1.807, 2.05) is 6.08 Å². The van der Waals surface area contributed by atoms with E-state index in [-0.39, 0.29) is 18.5 Å². The van der Waals surface area contributed by atoms with Gasteiger partial charge in [-0.1, -0.05) is 313 Å². The van der Waals surface area contributed by atoms with Gasteiger partial charge in [-0.2, -0.15) is 0 Å². The molecule has 0 bridgehead atoms. The molecule has 77 heavy (non-hydrogen) atoms. The van der Waals surface area contributed by atoms with Crippen LogP contribution in [0.3, 0.4) is 0 Å². The highest BCUT2D eigenvalue weighted by Gasteiger charge is 2.18. The van der Waals surface area contributed by atoms with Crippen LogP contribution >= 0.6 is 0 Å². The van der Waals surface area contributed by atoms with Gasteiger partial charge in [0.05, 0.1) is 25.4 Å². The predicted octanol–water partition coefficient (Wildman–Crippen LogP) is 22.1. The lowest BCUT2D eigenvalue weighted by molar-refractivity contribution is -0.143. The third-order valence-electron chi connectivity index (χ3n) is 15.8. The number of ether oxygens (including phenoxy) is 1. The van der Waals surface area contributed by atoms with Crippen LogP contribution in [0.25, 0.3) is 0 Å². The number of carbonyl (C=O) groups is 2. The zero-order valence-electron chi connectivity index (χ0n) is 51.7. The van der Waals surface area contributed by atoms with Crippen molar-refractivity contribution in [3.05, 3.63) is 48.6 Å². The minimum atomic E-state index is -0.851. The Morgan fingerprint density at radius 2 is 0.649 bits per heavy atom. The summed E-state index contributed by atoms with van der Waals surface area (Å²) in [5.74, 6) is -0.0726. The summed E-state index contributed by atoms with van der Waals surface area (Å²) in [5.41, 5.74) is 0. The third kappa shape index (κ3) is 62.9. The lowest BCUT2D eigenvalue weighted by Crippen LogP contribution is -2.45. The maximum absolute atomic E-state index is 12.5. The molecule has 0 aliphatic heterocycles. The fraction of sp³-hybridized carbons (Fsp3) is 0.859. The fourth-order valence-electron chi connectivity index (χ4n) is 10.5. The van der Waals surface area contributed by atoms with Crippen molar-refractivity contribution in [3.63, 3.8) is 0 Å². The number of unbranched alkanes of at least 4 members (excludes halogenated alkanes) is 47. The van der Waals surface area contributed by atoms with Gasteiger partial charge in [-0.15, -0.1) is 0 Å². The van der Waals surface area contributed by atoms with Crippen LogP contribution in [0.5, 0.6) is 0 Å². The van der Waals surface area contributed by atoms with Gasteiger partial charge >= 0.3 is 5.97 Å². The molecule has 6 heteroatoms. The van der Waals surface area contributed by atoms with Crippen molar-refractivity contribution < 1.29 is 24.5 Å². The van der Waals surface area contributed by atoms with Gasteiger partial charge in [0.1, 0.15) is 0 Å². The summed E-state index contributed by atoms with van der Waals surface area (Å²) in [6, 6.07) is -0.635. The Hall–Kier alpha value is -2.18. The number of aliphatic hydroxyl groups is 2. The van der Waals surface area contributed by atoms with Gasteiger partial charge in [-0.25, -0.2) is 0 Å². The van der Waals surface area contributed by atoms with Crippen LogP contribution in [0.15, 0.2) is 48.6 Å². The second kappa shape index (κ2) is 66.3. The minimum absolute atomic E-state index is 0.00152. The average Bonchev–Trinajstić information content (AvgIpc) is 3.43. The second-order valence-electron chi connectivity index (χ2n) is 23.5. The summed E-state index contributed by atoms with van der Waals surface area (Å²) in [4.78, 5) is 24.5. The van der Waals surface area contributed by atoms with Crippen molar-refractivity contribution in [1.29, 1.82) is 0 Å². The molecule has 0 aromatic carbocycles. The molecule has 0 aliphatic rings. The number of carbonyl (C=O) groups excluding carboxylic acids is 2. The number of aliphatic hydroxyl groups excluding tert-OH is 2. The standard InChI is InChI=1S/C71H133NO5/c1-3-5-7-9-11-13-15-17-18-19-20-21-25-28-31-34-37-40-43-47-51-55-59-63-69(74)68(67-73)72-70(75)64-60-56-52-48-44-41-38-35-32-29-26-23-22-24-27-30-33-36-39-42-46-50-54-58-62-66-77-71(76)65-61-57-53-49-45-16-14-12-10-8-6-4-2/h12,14,23-24,26-27,59,63,68-69,73-74H,3-11,13,15-22,25,28-58,60-62,64-67H2,1-2H3,(H,72,75)/b14-12-,26-23-,27-24-,63-59+. The summed E-state index contributed by atoms with van der Waals surface area (Å²) in [6.45, 7) is 4.90. The van der Waals surface area contributed by atoms with Crippen molar-refractivity contribution >= 4 is 11.9 Å². The summed E-state index contributed by atoms with van der Waals surface area (Å²) in [5, 5.41) is 23.3. The number of hydrogen-bond acceptors (Lipinski definition) is 5. The molecule has 2 unspecified atom stereocenters. The number of amides is 1. The Labute approximate surface area is 480 Å². The van der Waals surface area contributed by atoms with Gasteiger partial charge < -0.3 is 20.3 Å². The lowest BCUT2D eigenvalue weighted by atomic mass is 10.0. The first kappa shape index (κ1) is 74.8. The van der Waals surface area contributed by atoms with Gasteiger partial charge in [0.25, 0.3) is 0 Å². The summed E-state index contributed by atoms with van der Waals surface area (Å²) >= 11 is 0. The van der Waals surface area contributed by atoms with E-state index in [2.05, 4.69) is 55.6 Å². The van der Waals surface area contributed by atoms with E-state index in [1.54, 1.807) is 6.08 Å². The maximum atomic E-state index is 12.5. The van der Waals surface area contributed by atoms with E-state index in [1.165, 1.54) is 289 Å². The monoisotopic (exact) mass is 1080 g/mol. The normalized spacial score (nSPS) is 12.8. The Balaban J connectivity index is 3.47. The number of allylic oxidation sites excluding steroid dienone is 7.